The van der Waals surface area contributed by atoms with E-state index in [0.29, 0.717) is 5.69 Å². The van der Waals surface area contributed by atoms with Gasteiger partial charge in [0.2, 0.25) is 0 Å². The Balaban J connectivity index is 2.57. The van der Waals surface area contributed by atoms with Crippen molar-refractivity contribution in [2.24, 2.45) is 0 Å². The summed E-state index contributed by atoms with van der Waals surface area (Å²) in [4.78, 5) is 2.00. The van der Waals surface area contributed by atoms with Crippen LogP contribution in [-0.4, -0.2) is 24.3 Å². The third kappa shape index (κ3) is 3.81. The molecule has 1 aromatic rings. The lowest BCUT2D eigenvalue weighted by Crippen LogP contribution is -2.25. The van der Waals surface area contributed by atoms with Crippen molar-refractivity contribution >= 4 is 5.69 Å². The number of aliphatic hydroxyl groups excluding tert-OH is 1. The quantitative estimate of drug-likeness (QED) is 0.804. The van der Waals surface area contributed by atoms with Gasteiger partial charge in [-0.2, -0.15) is 0 Å². The first-order chi connectivity index (χ1) is 7.65. The van der Waals surface area contributed by atoms with E-state index in [4.69, 9.17) is 0 Å². The van der Waals surface area contributed by atoms with Gasteiger partial charge in [0.25, 0.3) is 0 Å². The summed E-state index contributed by atoms with van der Waals surface area (Å²) in [6, 6.07) is 6.81. The molecule has 0 amide bonds. The van der Waals surface area contributed by atoms with Crippen LogP contribution in [0.2, 0.25) is 0 Å². The highest BCUT2D eigenvalue weighted by molar-refractivity contribution is 5.47. The minimum atomic E-state index is -0.278. The Labute approximate surface area is 96.7 Å². The minimum absolute atomic E-state index is 0.179. The van der Waals surface area contributed by atoms with E-state index in [1.165, 1.54) is 6.07 Å². The third-order valence-electron chi connectivity index (χ3n) is 2.62. The topological polar surface area (TPSA) is 23.5 Å². The highest BCUT2D eigenvalue weighted by atomic mass is 19.1. The van der Waals surface area contributed by atoms with E-state index < -0.39 is 0 Å². The lowest BCUT2D eigenvalue weighted by Gasteiger charge is -2.23. The lowest BCUT2D eigenvalue weighted by atomic mass is 10.2. The molecule has 0 aliphatic rings. The predicted octanol–water partition coefficient (Wildman–Crippen LogP) is 2.81. The molecule has 0 bridgehead atoms. The van der Waals surface area contributed by atoms with Crippen LogP contribution in [0.1, 0.15) is 26.7 Å². The van der Waals surface area contributed by atoms with Gasteiger partial charge in [-0.25, -0.2) is 4.39 Å². The fourth-order valence-corrected chi connectivity index (χ4v) is 1.73. The van der Waals surface area contributed by atoms with E-state index in [1.807, 2.05) is 17.9 Å². The minimum Gasteiger partial charge on any atom is -0.393 e. The van der Waals surface area contributed by atoms with Crippen molar-refractivity contribution in [3.05, 3.63) is 30.1 Å². The summed E-state index contributed by atoms with van der Waals surface area (Å²) in [5.41, 5.74) is 0.649. The van der Waals surface area contributed by atoms with Gasteiger partial charge < -0.3 is 10.0 Å². The number of aliphatic hydroxyl groups is 1. The zero-order valence-electron chi connectivity index (χ0n) is 9.99. The SMILES string of the molecule is CCN(CCCC(C)O)c1ccccc1F. The van der Waals surface area contributed by atoms with Crippen LogP contribution < -0.4 is 4.90 Å². The zero-order chi connectivity index (χ0) is 12.0. The van der Waals surface area contributed by atoms with Crippen LogP contribution in [0.25, 0.3) is 0 Å². The summed E-state index contributed by atoms with van der Waals surface area (Å²) in [5, 5.41) is 9.17. The lowest BCUT2D eigenvalue weighted by molar-refractivity contribution is 0.182. The van der Waals surface area contributed by atoms with Gasteiger partial charge in [0.15, 0.2) is 0 Å². The summed E-state index contributed by atoms with van der Waals surface area (Å²) in [5.74, 6) is -0.179. The van der Waals surface area contributed by atoms with Crippen LogP contribution >= 0.6 is 0 Å². The Hall–Kier alpha value is -1.09. The molecule has 90 valence electrons. The molecule has 0 aliphatic carbocycles. The number of hydrogen-bond donors (Lipinski definition) is 1. The molecule has 0 saturated carbocycles. The van der Waals surface area contributed by atoms with Gasteiger partial charge in [0.05, 0.1) is 11.8 Å². The Morgan fingerprint density at radius 2 is 2.06 bits per heavy atom. The molecule has 1 unspecified atom stereocenters. The molecular weight excluding hydrogens is 205 g/mol. The number of anilines is 1. The number of benzene rings is 1. The Kier molecular flexibility index (Phi) is 5.26. The summed E-state index contributed by atoms with van der Waals surface area (Å²) >= 11 is 0. The van der Waals surface area contributed by atoms with Gasteiger partial charge in [-0.15, -0.1) is 0 Å². The molecule has 0 saturated heterocycles. The normalized spacial score (nSPS) is 12.5. The van der Waals surface area contributed by atoms with Crippen molar-refractivity contribution in [2.45, 2.75) is 32.8 Å². The molecule has 0 aliphatic heterocycles. The number of halogens is 1. The summed E-state index contributed by atoms with van der Waals surface area (Å²) < 4.78 is 13.5. The standard InChI is InChI=1S/C13H20FNO/c1-3-15(10-6-7-11(2)16)13-9-5-4-8-12(13)14/h4-5,8-9,11,16H,3,6-7,10H2,1-2H3. The molecule has 1 rings (SSSR count). The molecule has 1 N–H and O–H groups in total. The fourth-order valence-electron chi connectivity index (χ4n) is 1.73. The third-order valence-corrected chi connectivity index (χ3v) is 2.62. The van der Waals surface area contributed by atoms with Crippen LogP contribution in [0, 0.1) is 5.82 Å². The van der Waals surface area contributed by atoms with Gasteiger partial charge >= 0.3 is 0 Å². The second-order valence-corrected chi connectivity index (χ2v) is 4.02. The molecule has 0 spiro atoms. The first-order valence-corrected chi connectivity index (χ1v) is 5.82. The highest BCUT2D eigenvalue weighted by Gasteiger charge is 2.08. The molecule has 2 nitrogen and oxygen atoms in total. The molecule has 3 heteroatoms. The van der Waals surface area contributed by atoms with Crippen molar-refractivity contribution in [2.75, 3.05) is 18.0 Å². The van der Waals surface area contributed by atoms with Crippen molar-refractivity contribution < 1.29 is 9.50 Å². The Bertz CT molecular complexity index is 315. The van der Waals surface area contributed by atoms with Crippen molar-refractivity contribution in [1.29, 1.82) is 0 Å². The van der Waals surface area contributed by atoms with E-state index in [9.17, 15) is 9.50 Å². The molecule has 1 atom stereocenters. The Morgan fingerprint density at radius 1 is 1.38 bits per heavy atom. The number of hydrogen-bond acceptors (Lipinski definition) is 2. The number of nitrogens with zero attached hydrogens (tertiary/aromatic N) is 1. The fraction of sp³-hybridized carbons (Fsp3) is 0.538. The van der Waals surface area contributed by atoms with E-state index in [0.717, 1.165) is 25.9 Å². The number of rotatable bonds is 6. The van der Waals surface area contributed by atoms with Gasteiger partial charge in [0, 0.05) is 13.1 Å². The summed E-state index contributed by atoms with van der Waals surface area (Å²) in [6.45, 7) is 5.34. The largest absolute Gasteiger partial charge is 0.393 e. The van der Waals surface area contributed by atoms with Crippen LogP contribution in [0.4, 0.5) is 10.1 Å². The molecule has 0 radical (unpaired) electrons. The molecule has 0 fully saturated rings. The summed E-state index contributed by atoms with van der Waals surface area (Å²) in [7, 11) is 0. The first kappa shape index (κ1) is 13.0. The van der Waals surface area contributed by atoms with Crippen molar-refractivity contribution in [1.82, 2.24) is 0 Å². The van der Waals surface area contributed by atoms with Crippen molar-refractivity contribution in [3.8, 4) is 0 Å². The predicted molar refractivity (Wildman–Crippen MR) is 65.2 cm³/mol. The zero-order valence-corrected chi connectivity index (χ0v) is 9.99. The van der Waals surface area contributed by atoms with E-state index in [1.54, 1.807) is 19.1 Å². The van der Waals surface area contributed by atoms with E-state index >= 15 is 0 Å². The molecule has 0 heterocycles. The maximum atomic E-state index is 13.5. The van der Waals surface area contributed by atoms with Gasteiger partial charge in [0.1, 0.15) is 5.82 Å². The Morgan fingerprint density at radius 3 is 2.62 bits per heavy atom. The monoisotopic (exact) mass is 225 g/mol. The second kappa shape index (κ2) is 6.48. The van der Waals surface area contributed by atoms with Crippen LogP contribution in [0.3, 0.4) is 0 Å². The van der Waals surface area contributed by atoms with Gasteiger partial charge in [-0.3, -0.25) is 0 Å². The molecule has 16 heavy (non-hydrogen) atoms. The van der Waals surface area contributed by atoms with Gasteiger partial charge in [-0.05, 0) is 38.8 Å². The number of para-hydroxylation sites is 1. The highest BCUT2D eigenvalue weighted by Crippen LogP contribution is 2.18. The maximum absolute atomic E-state index is 13.5. The summed E-state index contributed by atoms with van der Waals surface area (Å²) in [6.07, 6.45) is 1.35. The smallest absolute Gasteiger partial charge is 0.146 e. The molecule has 0 aromatic heterocycles. The van der Waals surface area contributed by atoms with Crippen LogP contribution in [0.5, 0.6) is 0 Å². The average Bonchev–Trinajstić information content (AvgIpc) is 2.25. The average molecular weight is 225 g/mol. The van der Waals surface area contributed by atoms with Gasteiger partial charge in [-0.1, -0.05) is 12.1 Å². The second-order valence-electron chi connectivity index (χ2n) is 4.02. The van der Waals surface area contributed by atoms with Crippen molar-refractivity contribution in [3.63, 3.8) is 0 Å². The van der Waals surface area contributed by atoms with E-state index in [-0.39, 0.29) is 11.9 Å². The molecular formula is C13H20FNO. The van der Waals surface area contributed by atoms with Crippen LogP contribution in [-0.2, 0) is 0 Å². The maximum Gasteiger partial charge on any atom is 0.146 e. The van der Waals surface area contributed by atoms with Crippen LogP contribution in [0.15, 0.2) is 24.3 Å². The first-order valence-electron chi connectivity index (χ1n) is 5.82. The molecule has 1 aromatic carbocycles. The van der Waals surface area contributed by atoms with E-state index in [2.05, 4.69) is 0 Å².